The van der Waals surface area contributed by atoms with Crippen molar-refractivity contribution < 1.29 is 5.11 Å². The summed E-state index contributed by atoms with van der Waals surface area (Å²) >= 11 is 0. The van der Waals surface area contributed by atoms with Crippen molar-refractivity contribution in [1.82, 2.24) is 5.32 Å². The van der Waals surface area contributed by atoms with E-state index in [2.05, 4.69) is 18.3 Å². The van der Waals surface area contributed by atoms with Gasteiger partial charge in [-0.05, 0) is 31.8 Å². The molecule has 0 saturated heterocycles. The Morgan fingerprint density at radius 1 is 1.54 bits per heavy atom. The van der Waals surface area contributed by atoms with Crippen molar-refractivity contribution in [3.8, 4) is 6.07 Å². The lowest BCUT2D eigenvalue weighted by atomic mass is 10.0. The smallest absolute Gasteiger partial charge is 0.0622 e. The van der Waals surface area contributed by atoms with Gasteiger partial charge in [0.2, 0.25) is 0 Å². The first-order chi connectivity index (χ1) is 6.35. The molecule has 0 aliphatic heterocycles. The molecular formula is C10H20N2O. The molecule has 0 bridgehead atoms. The van der Waals surface area contributed by atoms with Crippen LogP contribution in [0.2, 0.25) is 0 Å². The number of unbranched alkanes of at least 4 members (excludes halogenated alkanes) is 1. The minimum atomic E-state index is 0.276. The van der Waals surface area contributed by atoms with Crippen molar-refractivity contribution in [2.75, 3.05) is 19.7 Å². The van der Waals surface area contributed by atoms with Gasteiger partial charge in [0.25, 0.3) is 0 Å². The maximum Gasteiger partial charge on any atom is 0.0622 e. The van der Waals surface area contributed by atoms with Crippen LogP contribution in [-0.2, 0) is 0 Å². The van der Waals surface area contributed by atoms with Crippen LogP contribution in [0.15, 0.2) is 0 Å². The number of nitrogens with one attached hydrogen (secondary N) is 1. The molecule has 3 nitrogen and oxygen atoms in total. The summed E-state index contributed by atoms with van der Waals surface area (Å²) in [6.45, 7) is 4.29. The molecule has 3 heteroatoms. The van der Waals surface area contributed by atoms with Gasteiger partial charge in [-0.2, -0.15) is 5.26 Å². The zero-order chi connectivity index (χ0) is 9.94. The number of hydrogen-bond acceptors (Lipinski definition) is 3. The Morgan fingerprint density at radius 3 is 2.85 bits per heavy atom. The predicted octanol–water partition coefficient (Wildman–Crippen LogP) is 1.29. The first-order valence-electron chi connectivity index (χ1n) is 5.03. The van der Waals surface area contributed by atoms with Crippen LogP contribution >= 0.6 is 0 Å². The summed E-state index contributed by atoms with van der Waals surface area (Å²) in [6.07, 6.45) is 3.53. The Balaban J connectivity index is 3.23. The first kappa shape index (κ1) is 12.4. The van der Waals surface area contributed by atoms with E-state index in [1.165, 1.54) is 0 Å². The molecule has 1 atom stereocenters. The largest absolute Gasteiger partial charge is 0.396 e. The van der Waals surface area contributed by atoms with Gasteiger partial charge in [0.1, 0.15) is 0 Å². The lowest BCUT2D eigenvalue weighted by Gasteiger charge is -2.13. The average molecular weight is 184 g/mol. The maximum absolute atomic E-state index is 8.74. The van der Waals surface area contributed by atoms with E-state index >= 15 is 0 Å². The molecule has 0 aromatic heterocycles. The molecule has 0 aromatic carbocycles. The lowest BCUT2D eigenvalue weighted by molar-refractivity contribution is 0.251. The van der Waals surface area contributed by atoms with Gasteiger partial charge in [-0.15, -0.1) is 0 Å². The van der Waals surface area contributed by atoms with Gasteiger partial charge in [-0.25, -0.2) is 0 Å². The molecule has 0 saturated carbocycles. The molecule has 0 amide bonds. The Labute approximate surface area is 80.8 Å². The number of nitriles is 1. The quantitative estimate of drug-likeness (QED) is 0.559. The molecule has 0 spiro atoms. The normalized spacial score (nSPS) is 12.4. The van der Waals surface area contributed by atoms with Crippen LogP contribution in [-0.4, -0.2) is 24.8 Å². The summed E-state index contributed by atoms with van der Waals surface area (Å²) in [4.78, 5) is 0. The van der Waals surface area contributed by atoms with Crippen molar-refractivity contribution in [3.05, 3.63) is 0 Å². The first-order valence-corrected chi connectivity index (χ1v) is 5.03. The third-order valence-electron chi connectivity index (χ3n) is 2.19. The topological polar surface area (TPSA) is 56.0 Å². The van der Waals surface area contributed by atoms with Crippen molar-refractivity contribution in [2.45, 2.75) is 32.6 Å². The monoisotopic (exact) mass is 184 g/mol. The van der Waals surface area contributed by atoms with Gasteiger partial charge in [-0.3, -0.25) is 0 Å². The van der Waals surface area contributed by atoms with Crippen LogP contribution in [0.5, 0.6) is 0 Å². The maximum atomic E-state index is 8.74. The summed E-state index contributed by atoms with van der Waals surface area (Å²) in [7, 11) is 0. The van der Waals surface area contributed by atoms with Crippen LogP contribution in [0.25, 0.3) is 0 Å². The molecule has 13 heavy (non-hydrogen) atoms. The van der Waals surface area contributed by atoms with E-state index in [4.69, 9.17) is 10.4 Å². The SMILES string of the molecule is CCC(CCO)CNCCCC#N. The summed E-state index contributed by atoms with van der Waals surface area (Å²) < 4.78 is 0. The molecular weight excluding hydrogens is 164 g/mol. The van der Waals surface area contributed by atoms with Crippen LogP contribution < -0.4 is 5.32 Å². The van der Waals surface area contributed by atoms with E-state index in [0.29, 0.717) is 12.3 Å². The number of aliphatic hydroxyl groups is 1. The second-order valence-electron chi connectivity index (χ2n) is 3.25. The van der Waals surface area contributed by atoms with E-state index in [9.17, 15) is 0 Å². The van der Waals surface area contributed by atoms with Crippen molar-refractivity contribution in [1.29, 1.82) is 5.26 Å². The number of aliphatic hydroxyl groups excluding tert-OH is 1. The van der Waals surface area contributed by atoms with Crippen molar-refractivity contribution >= 4 is 0 Å². The van der Waals surface area contributed by atoms with Gasteiger partial charge in [0.05, 0.1) is 6.07 Å². The number of nitrogens with zero attached hydrogens (tertiary/aromatic N) is 1. The van der Waals surface area contributed by atoms with Gasteiger partial charge in [0, 0.05) is 13.0 Å². The summed E-state index contributed by atoms with van der Waals surface area (Å²) in [5.41, 5.74) is 0. The molecule has 0 aliphatic rings. The lowest BCUT2D eigenvalue weighted by Crippen LogP contribution is -2.24. The highest BCUT2D eigenvalue weighted by Crippen LogP contribution is 2.05. The minimum absolute atomic E-state index is 0.276. The molecule has 0 aromatic rings. The van der Waals surface area contributed by atoms with Crippen LogP contribution in [0.1, 0.15) is 32.6 Å². The fraction of sp³-hybridized carbons (Fsp3) is 0.900. The van der Waals surface area contributed by atoms with Crippen molar-refractivity contribution in [3.63, 3.8) is 0 Å². The average Bonchev–Trinajstić information content (AvgIpc) is 2.16. The zero-order valence-corrected chi connectivity index (χ0v) is 8.42. The molecule has 1 unspecified atom stereocenters. The minimum Gasteiger partial charge on any atom is -0.396 e. The highest BCUT2D eigenvalue weighted by molar-refractivity contribution is 4.69. The third kappa shape index (κ3) is 7.76. The fourth-order valence-corrected chi connectivity index (χ4v) is 1.23. The summed E-state index contributed by atoms with van der Waals surface area (Å²) in [6, 6.07) is 2.11. The Kier molecular flexibility index (Phi) is 9.07. The van der Waals surface area contributed by atoms with Gasteiger partial charge >= 0.3 is 0 Å². The molecule has 0 heterocycles. The zero-order valence-electron chi connectivity index (χ0n) is 8.42. The Hall–Kier alpha value is -0.590. The molecule has 0 rings (SSSR count). The Morgan fingerprint density at radius 2 is 2.31 bits per heavy atom. The van der Waals surface area contributed by atoms with Gasteiger partial charge < -0.3 is 10.4 Å². The van der Waals surface area contributed by atoms with E-state index in [1.54, 1.807) is 0 Å². The van der Waals surface area contributed by atoms with E-state index in [1.807, 2.05) is 0 Å². The Bertz CT molecular complexity index is 142. The number of rotatable bonds is 8. The van der Waals surface area contributed by atoms with Crippen LogP contribution in [0, 0.1) is 17.2 Å². The van der Waals surface area contributed by atoms with E-state index in [-0.39, 0.29) is 6.61 Å². The van der Waals surface area contributed by atoms with Crippen molar-refractivity contribution in [2.24, 2.45) is 5.92 Å². The standard InChI is InChI=1S/C10H20N2O/c1-2-10(5-8-13)9-12-7-4-3-6-11/h10,12-13H,2-5,7-9H2,1H3. The highest BCUT2D eigenvalue weighted by Gasteiger charge is 2.03. The summed E-state index contributed by atoms with van der Waals surface area (Å²) in [5.74, 6) is 0.576. The molecule has 0 radical (unpaired) electrons. The van der Waals surface area contributed by atoms with Gasteiger partial charge in [0.15, 0.2) is 0 Å². The van der Waals surface area contributed by atoms with E-state index in [0.717, 1.165) is 32.4 Å². The molecule has 0 aliphatic carbocycles. The number of hydrogen-bond donors (Lipinski definition) is 2. The van der Waals surface area contributed by atoms with Gasteiger partial charge in [-0.1, -0.05) is 13.3 Å². The van der Waals surface area contributed by atoms with E-state index < -0.39 is 0 Å². The highest BCUT2D eigenvalue weighted by atomic mass is 16.3. The van der Waals surface area contributed by atoms with Crippen LogP contribution in [0.3, 0.4) is 0 Å². The fourth-order valence-electron chi connectivity index (χ4n) is 1.23. The predicted molar refractivity (Wildman–Crippen MR) is 53.2 cm³/mol. The molecule has 76 valence electrons. The second-order valence-corrected chi connectivity index (χ2v) is 3.25. The summed E-state index contributed by atoms with van der Waals surface area (Å²) in [5, 5.41) is 20.3. The molecule has 0 fully saturated rings. The second kappa shape index (κ2) is 9.50. The third-order valence-corrected chi connectivity index (χ3v) is 2.19. The molecule has 2 N–H and O–H groups in total. The van der Waals surface area contributed by atoms with Crippen LogP contribution in [0.4, 0.5) is 0 Å².